The first-order valence-corrected chi connectivity index (χ1v) is 17.7. The van der Waals surface area contributed by atoms with Crippen LogP contribution in [0.15, 0.2) is 0 Å². The second-order valence-electron chi connectivity index (χ2n) is 12.1. The molecule has 0 aromatic carbocycles. The number of aliphatic carboxylic acids is 2. The predicted octanol–water partition coefficient (Wildman–Crippen LogP) is 5.86. The molecule has 1 amide bonds. The number of amides is 1. The summed E-state index contributed by atoms with van der Waals surface area (Å²) in [5.41, 5.74) is 5.00. The number of carbonyl (C=O) groups excluding carboxylic acids is 1. The van der Waals surface area contributed by atoms with Gasteiger partial charge in [-0.25, -0.2) is 0 Å². The summed E-state index contributed by atoms with van der Waals surface area (Å²) in [4.78, 5) is 34.6. The van der Waals surface area contributed by atoms with Gasteiger partial charge in [0.05, 0.1) is 19.3 Å². The molecule has 0 aliphatic carbocycles. The first-order valence-electron chi connectivity index (χ1n) is 17.7. The first-order chi connectivity index (χ1) is 21.2. The number of unbranched alkanes of at least 4 members (excludes halogenated alkanes) is 18. The third-order valence-corrected chi connectivity index (χ3v) is 7.77. The normalized spacial score (nSPS) is 12.3. The van der Waals surface area contributed by atoms with E-state index in [2.05, 4.69) is 19.2 Å². The van der Waals surface area contributed by atoms with Crippen LogP contribution < -0.4 is 11.1 Å². The Hall–Kier alpha value is -1.75. The molecule has 0 saturated carbocycles. The van der Waals surface area contributed by atoms with Crippen molar-refractivity contribution in [2.24, 2.45) is 5.73 Å². The molecule has 7 N–H and O–H groups in total. The quantitative estimate of drug-likeness (QED) is 0.0512. The van der Waals surface area contributed by atoms with E-state index in [0.717, 1.165) is 25.9 Å². The topological polar surface area (TPSA) is 173 Å². The van der Waals surface area contributed by atoms with Crippen molar-refractivity contribution in [3.63, 3.8) is 0 Å². The van der Waals surface area contributed by atoms with Gasteiger partial charge in [-0.1, -0.05) is 129 Å². The highest BCUT2D eigenvalue weighted by Crippen LogP contribution is 2.13. The second kappa shape index (κ2) is 34.1. The van der Waals surface area contributed by atoms with Gasteiger partial charge in [0.1, 0.15) is 6.04 Å². The van der Waals surface area contributed by atoms with E-state index in [1.54, 1.807) is 0 Å². The van der Waals surface area contributed by atoms with Crippen molar-refractivity contribution in [1.82, 2.24) is 10.2 Å². The minimum Gasteiger partial charge on any atom is -0.481 e. The summed E-state index contributed by atoms with van der Waals surface area (Å²) < 4.78 is 0. The SMILES string of the molecule is CCCCCCCCCCCCN(CCCCCCCCCCCC)C(=O)CNCC(O)CO.N[C@@H](CCC(=O)O)C(=O)O. The van der Waals surface area contributed by atoms with Gasteiger partial charge < -0.3 is 36.4 Å². The number of nitrogens with two attached hydrogens (primary N) is 1. The average Bonchev–Trinajstić information content (AvgIpc) is 3.00. The molecule has 44 heavy (non-hydrogen) atoms. The highest BCUT2D eigenvalue weighted by molar-refractivity contribution is 5.78. The van der Waals surface area contributed by atoms with Crippen LogP contribution in [0.4, 0.5) is 0 Å². The van der Waals surface area contributed by atoms with Crippen LogP contribution in [-0.2, 0) is 14.4 Å². The highest BCUT2D eigenvalue weighted by atomic mass is 16.4. The minimum atomic E-state index is -1.17. The fourth-order valence-corrected chi connectivity index (χ4v) is 4.87. The molecule has 0 aromatic rings. The number of rotatable bonds is 31. The highest BCUT2D eigenvalue weighted by Gasteiger charge is 2.14. The van der Waals surface area contributed by atoms with Crippen molar-refractivity contribution < 1.29 is 34.8 Å². The molecule has 0 heterocycles. The van der Waals surface area contributed by atoms with Crippen LogP contribution in [0.3, 0.4) is 0 Å². The molecule has 10 heteroatoms. The van der Waals surface area contributed by atoms with E-state index in [0.29, 0.717) is 0 Å². The van der Waals surface area contributed by atoms with E-state index in [4.69, 9.17) is 21.1 Å². The molecule has 0 aliphatic heterocycles. The number of carboxylic acids is 2. The molecule has 2 atom stereocenters. The second-order valence-corrected chi connectivity index (χ2v) is 12.1. The molecular weight excluding hydrogens is 562 g/mol. The third kappa shape index (κ3) is 33.1. The maximum atomic E-state index is 12.7. The number of aliphatic hydroxyl groups is 2. The Morgan fingerprint density at radius 1 is 0.682 bits per heavy atom. The van der Waals surface area contributed by atoms with Gasteiger partial charge in [-0.05, 0) is 19.3 Å². The van der Waals surface area contributed by atoms with Gasteiger partial charge in [0.25, 0.3) is 0 Å². The van der Waals surface area contributed by atoms with Gasteiger partial charge in [-0.15, -0.1) is 0 Å². The molecule has 0 aromatic heterocycles. The van der Waals surface area contributed by atoms with Crippen LogP contribution in [0, 0.1) is 0 Å². The van der Waals surface area contributed by atoms with E-state index < -0.39 is 24.1 Å². The summed E-state index contributed by atoms with van der Waals surface area (Å²) in [5, 5.41) is 37.7. The van der Waals surface area contributed by atoms with Gasteiger partial charge in [-0.3, -0.25) is 14.4 Å². The van der Waals surface area contributed by atoms with Crippen LogP contribution in [0.1, 0.15) is 155 Å². The average molecular weight is 632 g/mol. The Morgan fingerprint density at radius 3 is 1.41 bits per heavy atom. The fourth-order valence-electron chi connectivity index (χ4n) is 4.87. The largest absolute Gasteiger partial charge is 0.481 e. The van der Waals surface area contributed by atoms with E-state index in [1.165, 1.54) is 116 Å². The number of hydrogen-bond acceptors (Lipinski definition) is 7. The Bertz CT molecular complexity index is 643. The van der Waals surface area contributed by atoms with Crippen molar-refractivity contribution in [3.8, 4) is 0 Å². The van der Waals surface area contributed by atoms with Crippen LogP contribution in [-0.4, -0.2) is 88.1 Å². The van der Waals surface area contributed by atoms with Crippen LogP contribution in [0.2, 0.25) is 0 Å². The Morgan fingerprint density at radius 2 is 1.07 bits per heavy atom. The molecule has 0 rings (SSSR count). The number of nitrogens with one attached hydrogen (secondary N) is 1. The zero-order valence-corrected chi connectivity index (χ0v) is 28.3. The van der Waals surface area contributed by atoms with Crippen molar-refractivity contribution in [3.05, 3.63) is 0 Å². The van der Waals surface area contributed by atoms with Crippen molar-refractivity contribution in [2.45, 2.75) is 167 Å². The number of hydrogen-bond donors (Lipinski definition) is 6. The summed E-state index contributed by atoms with van der Waals surface area (Å²) in [6, 6.07) is -1.06. The van der Waals surface area contributed by atoms with Crippen LogP contribution in [0.25, 0.3) is 0 Å². The molecule has 0 fully saturated rings. The van der Waals surface area contributed by atoms with Gasteiger partial charge in [0, 0.05) is 26.1 Å². The third-order valence-electron chi connectivity index (χ3n) is 7.77. The maximum Gasteiger partial charge on any atom is 0.320 e. The fraction of sp³-hybridized carbons (Fsp3) is 0.912. The zero-order valence-electron chi connectivity index (χ0n) is 28.3. The molecule has 1 unspecified atom stereocenters. The number of nitrogens with zero attached hydrogens (tertiary/aromatic N) is 1. The number of aliphatic hydroxyl groups excluding tert-OH is 2. The Balaban J connectivity index is 0. The van der Waals surface area contributed by atoms with E-state index in [9.17, 15) is 19.5 Å². The lowest BCUT2D eigenvalue weighted by molar-refractivity contribution is -0.140. The summed E-state index contributed by atoms with van der Waals surface area (Å²) >= 11 is 0. The summed E-state index contributed by atoms with van der Waals surface area (Å²) in [6.45, 7) is 6.44. The number of carboxylic acid groups (broad SMARTS) is 2. The van der Waals surface area contributed by atoms with Crippen LogP contribution in [0.5, 0.6) is 0 Å². The standard InChI is InChI=1S/C29H60N2O3.C5H9NO4/c1-3-5-7-9-11-13-15-17-19-21-23-31(29(34)26-30-25-28(33)27-32)24-22-20-18-16-14-12-10-8-6-4-2;6-3(5(9)10)1-2-4(7)8/h28,30,32-33H,3-27H2,1-2H3;3H,1-2,6H2,(H,7,8)(H,9,10)/t;3-/m.0/s1. The lowest BCUT2D eigenvalue weighted by Gasteiger charge is -2.23. The maximum absolute atomic E-state index is 12.7. The molecular formula is C34H69N3O7. The van der Waals surface area contributed by atoms with E-state index in [-0.39, 0.29) is 38.4 Å². The van der Waals surface area contributed by atoms with Gasteiger partial charge >= 0.3 is 11.9 Å². The Labute approximate surface area is 268 Å². The number of carbonyl (C=O) groups is 3. The molecule has 0 saturated heterocycles. The van der Waals surface area contributed by atoms with Crippen molar-refractivity contribution in [1.29, 1.82) is 0 Å². The summed E-state index contributed by atoms with van der Waals surface area (Å²) in [6.07, 6.45) is 25.1. The predicted molar refractivity (Wildman–Crippen MR) is 179 cm³/mol. The van der Waals surface area contributed by atoms with Gasteiger partial charge in [0.2, 0.25) is 5.91 Å². The summed E-state index contributed by atoms with van der Waals surface area (Å²) in [5.74, 6) is -2.07. The van der Waals surface area contributed by atoms with E-state index >= 15 is 0 Å². The first kappa shape index (κ1) is 44.4. The summed E-state index contributed by atoms with van der Waals surface area (Å²) in [7, 11) is 0. The monoisotopic (exact) mass is 632 g/mol. The van der Waals surface area contributed by atoms with Crippen molar-refractivity contribution >= 4 is 17.8 Å². The zero-order chi connectivity index (χ0) is 33.3. The van der Waals surface area contributed by atoms with Gasteiger partial charge in [-0.2, -0.15) is 0 Å². The molecule has 0 bridgehead atoms. The van der Waals surface area contributed by atoms with E-state index in [1.807, 2.05) is 4.90 Å². The Kier molecular flexibility index (Phi) is 34.4. The molecule has 0 spiro atoms. The smallest absolute Gasteiger partial charge is 0.320 e. The molecule has 0 radical (unpaired) electrons. The lowest BCUT2D eigenvalue weighted by atomic mass is 10.1. The molecule has 262 valence electrons. The van der Waals surface area contributed by atoms with Crippen molar-refractivity contribution in [2.75, 3.05) is 32.8 Å². The lowest BCUT2D eigenvalue weighted by Crippen LogP contribution is -2.41. The molecule has 10 nitrogen and oxygen atoms in total. The van der Waals surface area contributed by atoms with Crippen LogP contribution >= 0.6 is 0 Å². The minimum absolute atomic E-state index is 0.0231. The van der Waals surface area contributed by atoms with Gasteiger partial charge in [0.15, 0.2) is 0 Å². The molecule has 0 aliphatic rings.